The van der Waals surface area contributed by atoms with Gasteiger partial charge in [0.1, 0.15) is 17.4 Å². The molecule has 1 fully saturated rings. The standard InChI is InChI=1S/C22H28N4O4S/c1-14-11-17(7-9-19(14)30-4)31(28,29)25(3)13-20-23-15(2)18-8-10-21(27)26(22(18)24-20)12-16-5-6-16/h7,9,11,16H,5-6,8,10,12-13H2,1-4H3. The van der Waals surface area contributed by atoms with Crippen LogP contribution in [0.4, 0.5) is 5.82 Å². The molecular weight excluding hydrogens is 416 g/mol. The summed E-state index contributed by atoms with van der Waals surface area (Å²) < 4.78 is 32.7. The third kappa shape index (κ3) is 4.29. The molecule has 0 spiro atoms. The number of carbonyl (C=O) groups excluding carboxylic acids is 1. The third-order valence-electron chi connectivity index (χ3n) is 5.96. The Morgan fingerprint density at radius 2 is 1.94 bits per heavy atom. The second-order valence-electron chi connectivity index (χ2n) is 8.37. The topological polar surface area (TPSA) is 92.7 Å². The lowest BCUT2D eigenvalue weighted by atomic mass is 10.0. The lowest BCUT2D eigenvalue weighted by molar-refractivity contribution is -0.119. The molecule has 0 unspecified atom stereocenters. The lowest BCUT2D eigenvalue weighted by Crippen LogP contribution is -2.38. The third-order valence-corrected chi connectivity index (χ3v) is 7.76. The van der Waals surface area contributed by atoms with Crippen molar-refractivity contribution >= 4 is 21.7 Å². The molecule has 1 aliphatic carbocycles. The summed E-state index contributed by atoms with van der Waals surface area (Å²) in [4.78, 5) is 23.7. The van der Waals surface area contributed by atoms with Gasteiger partial charge in [0.2, 0.25) is 15.9 Å². The normalized spacial score (nSPS) is 16.5. The van der Waals surface area contributed by atoms with Crippen molar-refractivity contribution in [3.05, 3.63) is 40.8 Å². The molecule has 2 aliphatic rings. The summed E-state index contributed by atoms with van der Waals surface area (Å²) in [6.07, 6.45) is 3.37. The number of carbonyl (C=O) groups is 1. The molecule has 1 saturated carbocycles. The molecular formula is C22H28N4O4S. The van der Waals surface area contributed by atoms with Crippen LogP contribution in [0.1, 0.15) is 41.9 Å². The van der Waals surface area contributed by atoms with Gasteiger partial charge in [0.25, 0.3) is 0 Å². The average molecular weight is 445 g/mol. The molecule has 1 aliphatic heterocycles. The summed E-state index contributed by atoms with van der Waals surface area (Å²) >= 11 is 0. The number of benzene rings is 1. The smallest absolute Gasteiger partial charge is 0.243 e. The molecule has 0 atom stereocenters. The Balaban J connectivity index is 1.61. The van der Waals surface area contributed by atoms with E-state index >= 15 is 0 Å². The Morgan fingerprint density at radius 3 is 2.58 bits per heavy atom. The SMILES string of the molecule is COc1ccc(S(=O)(=O)N(C)Cc2nc(C)c3c(n2)N(CC2CC2)C(=O)CC3)cc1C. The zero-order valence-electron chi connectivity index (χ0n) is 18.4. The summed E-state index contributed by atoms with van der Waals surface area (Å²) in [5.74, 6) is 2.29. The Kier molecular flexibility index (Phi) is 5.74. The van der Waals surface area contributed by atoms with E-state index < -0.39 is 10.0 Å². The molecule has 0 saturated heterocycles. The number of aryl methyl sites for hydroxylation is 2. The van der Waals surface area contributed by atoms with Crippen molar-refractivity contribution in [3.8, 4) is 5.75 Å². The van der Waals surface area contributed by atoms with E-state index in [1.807, 2.05) is 6.92 Å². The fraction of sp³-hybridized carbons (Fsp3) is 0.500. The number of aromatic nitrogens is 2. The molecule has 8 nitrogen and oxygen atoms in total. The Bertz CT molecular complexity index is 1130. The van der Waals surface area contributed by atoms with Crippen molar-refractivity contribution in [2.75, 3.05) is 25.6 Å². The Hall–Kier alpha value is -2.52. The maximum atomic E-state index is 13.1. The minimum absolute atomic E-state index is 0.0208. The summed E-state index contributed by atoms with van der Waals surface area (Å²) in [6, 6.07) is 4.78. The van der Waals surface area contributed by atoms with E-state index in [4.69, 9.17) is 4.74 Å². The van der Waals surface area contributed by atoms with Gasteiger partial charge in [-0.3, -0.25) is 9.69 Å². The van der Waals surface area contributed by atoms with Crippen LogP contribution < -0.4 is 9.64 Å². The second-order valence-corrected chi connectivity index (χ2v) is 10.4. The summed E-state index contributed by atoms with van der Waals surface area (Å²) in [6.45, 7) is 4.41. The van der Waals surface area contributed by atoms with Gasteiger partial charge in [0.05, 0.1) is 18.6 Å². The highest BCUT2D eigenvalue weighted by molar-refractivity contribution is 7.89. The molecule has 1 aromatic carbocycles. The lowest BCUT2D eigenvalue weighted by Gasteiger charge is -2.29. The fourth-order valence-corrected chi connectivity index (χ4v) is 5.14. The molecule has 2 heterocycles. The van der Waals surface area contributed by atoms with Crippen molar-refractivity contribution < 1.29 is 17.9 Å². The highest BCUT2D eigenvalue weighted by atomic mass is 32.2. The van der Waals surface area contributed by atoms with Crippen LogP contribution in [-0.4, -0.2) is 49.3 Å². The molecule has 1 aromatic heterocycles. The molecule has 31 heavy (non-hydrogen) atoms. The fourth-order valence-electron chi connectivity index (χ4n) is 3.93. The molecule has 9 heteroatoms. The molecule has 0 N–H and O–H groups in total. The number of anilines is 1. The molecule has 166 valence electrons. The maximum absolute atomic E-state index is 13.1. The molecule has 1 amide bonds. The predicted molar refractivity (Wildman–Crippen MR) is 117 cm³/mol. The number of nitrogens with zero attached hydrogens (tertiary/aromatic N) is 4. The number of amides is 1. The highest BCUT2D eigenvalue weighted by Crippen LogP contribution is 2.35. The van der Waals surface area contributed by atoms with Gasteiger partial charge in [-0.05, 0) is 62.8 Å². The van der Waals surface area contributed by atoms with Crippen molar-refractivity contribution in [1.29, 1.82) is 0 Å². The van der Waals surface area contributed by atoms with Gasteiger partial charge in [-0.1, -0.05) is 0 Å². The van der Waals surface area contributed by atoms with Crippen molar-refractivity contribution in [3.63, 3.8) is 0 Å². The first kappa shape index (κ1) is 21.7. The van der Waals surface area contributed by atoms with Crippen LogP contribution in [0.5, 0.6) is 5.75 Å². The van der Waals surface area contributed by atoms with Gasteiger partial charge in [0.15, 0.2) is 0 Å². The van der Waals surface area contributed by atoms with E-state index in [0.717, 1.165) is 29.7 Å². The largest absolute Gasteiger partial charge is 0.496 e. The van der Waals surface area contributed by atoms with Crippen molar-refractivity contribution in [2.24, 2.45) is 5.92 Å². The zero-order valence-corrected chi connectivity index (χ0v) is 19.2. The summed E-state index contributed by atoms with van der Waals surface area (Å²) in [7, 11) is -0.670. The number of hydrogen-bond acceptors (Lipinski definition) is 6. The molecule has 4 rings (SSSR count). The number of fused-ring (bicyclic) bond motifs is 1. The zero-order chi connectivity index (χ0) is 22.3. The first-order valence-electron chi connectivity index (χ1n) is 10.5. The van der Waals surface area contributed by atoms with Gasteiger partial charge in [-0.15, -0.1) is 0 Å². The predicted octanol–water partition coefficient (Wildman–Crippen LogP) is 2.61. The quantitative estimate of drug-likeness (QED) is 0.652. The maximum Gasteiger partial charge on any atom is 0.243 e. The second kappa shape index (κ2) is 8.20. The first-order chi connectivity index (χ1) is 14.7. The summed E-state index contributed by atoms with van der Waals surface area (Å²) in [5.41, 5.74) is 2.53. The van der Waals surface area contributed by atoms with Gasteiger partial charge >= 0.3 is 0 Å². The van der Waals surface area contributed by atoms with Crippen LogP contribution in [-0.2, 0) is 27.8 Å². The Labute approximate surface area is 183 Å². The summed E-state index contributed by atoms with van der Waals surface area (Å²) in [5, 5.41) is 0. The number of hydrogen-bond donors (Lipinski definition) is 0. The highest BCUT2D eigenvalue weighted by Gasteiger charge is 2.33. The molecule has 0 radical (unpaired) electrons. The number of rotatable bonds is 7. The van der Waals surface area contributed by atoms with Crippen LogP contribution in [0.2, 0.25) is 0 Å². The minimum atomic E-state index is -3.73. The molecule has 2 aromatic rings. The van der Waals surface area contributed by atoms with E-state index in [0.29, 0.717) is 42.7 Å². The van der Waals surface area contributed by atoms with E-state index in [2.05, 4.69) is 9.97 Å². The van der Waals surface area contributed by atoms with Gasteiger partial charge < -0.3 is 4.74 Å². The van der Waals surface area contributed by atoms with Crippen molar-refractivity contribution in [1.82, 2.24) is 14.3 Å². The van der Waals surface area contributed by atoms with Crippen LogP contribution in [0.15, 0.2) is 23.1 Å². The number of methoxy groups -OCH3 is 1. The van der Waals surface area contributed by atoms with Gasteiger partial charge in [-0.2, -0.15) is 4.31 Å². The van der Waals surface area contributed by atoms with Crippen LogP contribution in [0.25, 0.3) is 0 Å². The van der Waals surface area contributed by atoms with E-state index in [-0.39, 0.29) is 17.3 Å². The van der Waals surface area contributed by atoms with Gasteiger partial charge in [0, 0.05) is 31.3 Å². The van der Waals surface area contributed by atoms with Crippen LogP contribution in [0, 0.1) is 19.8 Å². The monoisotopic (exact) mass is 444 g/mol. The van der Waals surface area contributed by atoms with Crippen LogP contribution >= 0.6 is 0 Å². The van der Waals surface area contributed by atoms with E-state index in [1.165, 1.54) is 17.4 Å². The van der Waals surface area contributed by atoms with Crippen LogP contribution in [0.3, 0.4) is 0 Å². The minimum Gasteiger partial charge on any atom is -0.496 e. The van der Waals surface area contributed by atoms with E-state index in [1.54, 1.807) is 31.1 Å². The first-order valence-corrected chi connectivity index (χ1v) is 11.9. The Morgan fingerprint density at radius 1 is 1.19 bits per heavy atom. The van der Waals surface area contributed by atoms with Gasteiger partial charge in [-0.25, -0.2) is 18.4 Å². The average Bonchev–Trinajstić information content (AvgIpc) is 3.54. The van der Waals surface area contributed by atoms with E-state index in [9.17, 15) is 13.2 Å². The molecule has 0 bridgehead atoms. The number of sulfonamides is 1. The van der Waals surface area contributed by atoms with Crippen molar-refractivity contribution in [2.45, 2.75) is 51.0 Å². The number of ether oxygens (including phenoxy) is 1.